The Morgan fingerprint density at radius 3 is 2.59 bits per heavy atom. The Hall–Kier alpha value is -4.31. The molecule has 1 atom stereocenters. The fourth-order valence-electron chi connectivity index (χ4n) is 5.81. The summed E-state index contributed by atoms with van der Waals surface area (Å²) in [4.78, 5) is 30.2. The van der Waals surface area contributed by atoms with Crippen LogP contribution in [0.5, 0.6) is 5.95 Å². The number of carbonyl (C=O) groups is 1. The molecule has 7 heteroatoms. The zero-order chi connectivity index (χ0) is 24.2. The van der Waals surface area contributed by atoms with Gasteiger partial charge in [0.2, 0.25) is 17.2 Å². The van der Waals surface area contributed by atoms with Crippen molar-refractivity contribution in [2.24, 2.45) is 5.73 Å². The number of anilines is 1. The van der Waals surface area contributed by atoms with Crippen molar-refractivity contribution in [3.8, 4) is 12.0 Å². The topological polar surface area (TPSA) is 110 Å². The number of nitrogens with zero attached hydrogens (tertiary/aromatic N) is 2. The van der Waals surface area contributed by atoms with Crippen molar-refractivity contribution in [3.63, 3.8) is 0 Å². The van der Waals surface area contributed by atoms with E-state index >= 15 is 0 Å². The molecule has 0 aliphatic carbocycles. The Bertz CT molecular complexity index is 1650. The first-order valence-electron chi connectivity index (χ1n) is 11.0. The average molecular weight is 451 g/mol. The summed E-state index contributed by atoms with van der Waals surface area (Å²) in [5.41, 5.74) is 7.53. The predicted octanol–water partition coefficient (Wildman–Crippen LogP) is 4.02. The molecule has 3 aliphatic rings. The molecule has 0 saturated carbocycles. The van der Waals surface area contributed by atoms with Crippen LogP contribution in [0.25, 0.3) is 16.5 Å². The highest BCUT2D eigenvalue weighted by Crippen LogP contribution is 2.59. The maximum Gasteiger partial charge on any atom is 0.300 e. The number of aryl methyl sites for hydroxylation is 1. The van der Waals surface area contributed by atoms with Gasteiger partial charge in [-0.15, -0.1) is 0 Å². The predicted molar refractivity (Wildman–Crippen MR) is 127 cm³/mol. The number of nitriles is 1. The van der Waals surface area contributed by atoms with Crippen LogP contribution in [0, 0.1) is 18.3 Å². The molecule has 3 aliphatic heterocycles. The Morgan fingerprint density at radius 2 is 1.85 bits per heavy atom. The summed E-state index contributed by atoms with van der Waals surface area (Å²) >= 11 is 0. The molecule has 168 valence electrons. The Labute approximate surface area is 195 Å². The lowest BCUT2D eigenvalue weighted by Crippen LogP contribution is -2.54. The van der Waals surface area contributed by atoms with Gasteiger partial charge in [0.15, 0.2) is 5.41 Å². The van der Waals surface area contributed by atoms with Gasteiger partial charge in [0, 0.05) is 11.1 Å². The first kappa shape index (κ1) is 20.3. The number of hydrogen-bond acceptors (Lipinski definition) is 6. The average Bonchev–Trinajstić information content (AvgIpc) is 3.02. The second kappa shape index (κ2) is 6.17. The fraction of sp³-hybridized carbons (Fsp3) is 0.222. The van der Waals surface area contributed by atoms with Gasteiger partial charge < -0.3 is 19.8 Å². The first-order chi connectivity index (χ1) is 16.1. The van der Waals surface area contributed by atoms with E-state index < -0.39 is 22.3 Å². The van der Waals surface area contributed by atoms with Crippen LogP contribution in [-0.2, 0) is 10.2 Å². The summed E-state index contributed by atoms with van der Waals surface area (Å²) < 4.78 is 11.6. The summed E-state index contributed by atoms with van der Waals surface area (Å²) in [5.74, 6) is -0.833. The van der Waals surface area contributed by atoms with Crippen molar-refractivity contribution in [1.82, 2.24) is 0 Å². The third-order valence-electron chi connectivity index (χ3n) is 7.05. The maximum absolute atomic E-state index is 14.6. The third kappa shape index (κ3) is 2.15. The molecule has 0 radical (unpaired) electrons. The summed E-state index contributed by atoms with van der Waals surface area (Å²) in [6.07, 6.45) is 2.03. The number of benzene rings is 2. The molecule has 0 saturated heterocycles. The number of para-hydroxylation sites is 1. The minimum atomic E-state index is -1.77. The minimum Gasteiger partial charge on any atom is -0.425 e. The third-order valence-corrected chi connectivity index (χ3v) is 7.05. The first-order valence-corrected chi connectivity index (χ1v) is 11.0. The zero-order valence-electron chi connectivity index (χ0n) is 19.1. The van der Waals surface area contributed by atoms with Crippen LogP contribution < -0.4 is 20.8 Å². The quantitative estimate of drug-likeness (QED) is 0.553. The van der Waals surface area contributed by atoms with Gasteiger partial charge in [-0.25, -0.2) is 0 Å². The monoisotopic (exact) mass is 451 g/mol. The van der Waals surface area contributed by atoms with E-state index in [1.807, 2.05) is 45.9 Å². The van der Waals surface area contributed by atoms with E-state index in [-0.39, 0.29) is 23.0 Å². The van der Waals surface area contributed by atoms with Crippen LogP contribution in [0.1, 0.15) is 43.0 Å². The van der Waals surface area contributed by atoms with Crippen molar-refractivity contribution < 1.29 is 13.9 Å². The molecular weight excluding hydrogens is 430 g/mol. The molecule has 4 heterocycles. The minimum absolute atomic E-state index is 0.0161. The number of amides is 1. The molecule has 0 bridgehead atoms. The Morgan fingerprint density at radius 1 is 1.12 bits per heavy atom. The van der Waals surface area contributed by atoms with E-state index in [2.05, 4.69) is 6.07 Å². The van der Waals surface area contributed by atoms with Gasteiger partial charge in [0.1, 0.15) is 22.8 Å². The maximum atomic E-state index is 14.6. The molecule has 6 rings (SSSR count). The number of nitrogens with two attached hydrogens (primary N) is 1. The van der Waals surface area contributed by atoms with Crippen LogP contribution in [0.15, 0.2) is 63.1 Å². The lowest BCUT2D eigenvalue weighted by Gasteiger charge is -2.40. The molecule has 1 spiro atoms. The van der Waals surface area contributed by atoms with Gasteiger partial charge in [0.05, 0.1) is 16.6 Å². The largest absolute Gasteiger partial charge is 0.425 e. The summed E-state index contributed by atoms with van der Waals surface area (Å²) in [6.45, 7) is 7.79. The van der Waals surface area contributed by atoms with Crippen LogP contribution in [0.4, 0.5) is 5.69 Å². The van der Waals surface area contributed by atoms with Crippen molar-refractivity contribution in [3.05, 3.63) is 86.4 Å². The van der Waals surface area contributed by atoms with E-state index in [9.17, 15) is 14.9 Å². The van der Waals surface area contributed by atoms with Gasteiger partial charge in [-0.1, -0.05) is 29.8 Å². The Kier molecular flexibility index (Phi) is 3.69. The SMILES string of the molecule is CC1=CC(C)(C)N2C(=O)[C@@]3(C(C#N)=C(N)Oc4oc5ccccc5c(=O)c43)c3cc(C)cc1c32. The number of carbonyl (C=O) groups excluding carboxylic acids is 1. The smallest absolute Gasteiger partial charge is 0.300 e. The highest BCUT2D eigenvalue weighted by atomic mass is 16.6. The second-order valence-electron chi connectivity index (χ2n) is 9.62. The molecule has 0 unspecified atom stereocenters. The molecule has 1 amide bonds. The van der Waals surface area contributed by atoms with E-state index in [1.165, 1.54) is 0 Å². The fourth-order valence-corrected chi connectivity index (χ4v) is 5.81. The lowest BCUT2D eigenvalue weighted by atomic mass is 9.68. The molecule has 2 N–H and O–H groups in total. The molecule has 0 fully saturated rings. The standard InChI is InChI=1S/C27H21N3O4/c1-13-9-16-14(2)11-26(3,4)30-21(16)17(10-13)27(25(30)32)18(12-28)23(29)34-24-20(27)22(31)15-7-5-6-8-19(15)33-24/h5-11H,29H2,1-4H3/t27-/m1/s1. The number of allylic oxidation sites excluding steroid dienone is 1. The van der Waals surface area contributed by atoms with E-state index in [0.29, 0.717) is 22.2 Å². The van der Waals surface area contributed by atoms with Crippen molar-refractivity contribution in [2.75, 3.05) is 4.90 Å². The highest BCUT2D eigenvalue weighted by molar-refractivity contribution is 6.18. The van der Waals surface area contributed by atoms with Gasteiger partial charge >= 0.3 is 5.95 Å². The van der Waals surface area contributed by atoms with Crippen LogP contribution >= 0.6 is 0 Å². The molecule has 3 aromatic rings. The van der Waals surface area contributed by atoms with Crippen LogP contribution in [0.2, 0.25) is 0 Å². The van der Waals surface area contributed by atoms with Gasteiger partial charge in [-0.05, 0) is 51.5 Å². The summed E-state index contributed by atoms with van der Waals surface area (Å²) in [5, 5.41) is 10.6. The van der Waals surface area contributed by atoms with E-state index in [1.54, 1.807) is 29.2 Å². The molecule has 2 aromatic carbocycles. The second-order valence-corrected chi connectivity index (χ2v) is 9.62. The Balaban J connectivity index is 1.86. The van der Waals surface area contributed by atoms with E-state index in [4.69, 9.17) is 14.9 Å². The van der Waals surface area contributed by atoms with Gasteiger partial charge in [0.25, 0.3) is 0 Å². The van der Waals surface area contributed by atoms with Gasteiger partial charge in [-0.2, -0.15) is 5.26 Å². The summed E-state index contributed by atoms with van der Waals surface area (Å²) in [7, 11) is 0. The zero-order valence-corrected chi connectivity index (χ0v) is 19.1. The van der Waals surface area contributed by atoms with Crippen molar-refractivity contribution in [2.45, 2.75) is 38.6 Å². The molecule has 1 aromatic heterocycles. The number of hydrogen-bond donors (Lipinski definition) is 1. The normalized spacial score (nSPS) is 21.8. The van der Waals surface area contributed by atoms with Crippen LogP contribution in [0.3, 0.4) is 0 Å². The van der Waals surface area contributed by atoms with Crippen molar-refractivity contribution >= 4 is 28.1 Å². The van der Waals surface area contributed by atoms with Crippen LogP contribution in [-0.4, -0.2) is 11.4 Å². The van der Waals surface area contributed by atoms with Crippen molar-refractivity contribution in [1.29, 1.82) is 5.26 Å². The highest BCUT2D eigenvalue weighted by Gasteiger charge is 2.64. The molecular formula is C27H21N3O4. The molecule has 7 nitrogen and oxygen atoms in total. The number of rotatable bonds is 0. The summed E-state index contributed by atoms with van der Waals surface area (Å²) in [6, 6.07) is 12.7. The lowest BCUT2D eigenvalue weighted by molar-refractivity contribution is -0.121. The number of ether oxygens (including phenoxy) is 1. The van der Waals surface area contributed by atoms with E-state index in [0.717, 1.165) is 16.7 Å². The molecule has 34 heavy (non-hydrogen) atoms. The van der Waals surface area contributed by atoms with Gasteiger partial charge in [-0.3, -0.25) is 9.59 Å². The number of fused-ring (bicyclic) bond motifs is 4.